The molecule has 3 aromatic rings. The van der Waals surface area contributed by atoms with E-state index in [1.165, 1.54) is 15.9 Å². The maximum atomic E-state index is 12.7. The molecule has 3 heterocycles. The first kappa shape index (κ1) is 14.4. The Bertz CT molecular complexity index is 739. The van der Waals surface area contributed by atoms with E-state index in [2.05, 4.69) is 15.1 Å². The van der Waals surface area contributed by atoms with Crippen molar-refractivity contribution in [3.8, 4) is 5.82 Å². The van der Waals surface area contributed by atoms with Crippen LogP contribution in [0.2, 0.25) is 0 Å². The van der Waals surface area contributed by atoms with Gasteiger partial charge in [0.15, 0.2) is 5.82 Å². The van der Waals surface area contributed by atoms with E-state index in [4.69, 9.17) is 0 Å². The topological polar surface area (TPSA) is 63.9 Å². The molecule has 0 aliphatic heterocycles. The third kappa shape index (κ3) is 3.04. The molecule has 0 saturated carbocycles. The summed E-state index contributed by atoms with van der Waals surface area (Å²) in [6.07, 6.45) is 4.61. The molecule has 0 aromatic carbocycles. The Morgan fingerprint density at radius 1 is 1.41 bits per heavy atom. The predicted octanol–water partition coefficient (Wildman–Crippen LogP) is 2.39. The minimum Gasteiger partial charge on any atom is -0.334 e. The molecule has 3 aromatic heterocycles. The number of hydrogen-bond acceptors (Lipinski definition) is 5. The average molecular weight is 313 g/mol. The normalized spacial score (nSPS) is 10.6. The molecule has 0 unspecified atom stereocenters. The van der Waals surface area contributed by atoms with E-state index < -0.39 is 0 Å². The zero-order valence-corrected chi connectivity index (χ0v) is 12.9. The van der Waals surface area contributed by atoms with Gasteiger partial charge >= 0.3 is 0 Å². The lowest BCUT2D eigenvalue weighted by Crippen LogP contribution is -2.30. The molecule has 0 saturated heterocycles. The van der Waals surface area contributed by atoms with Crippen molar-refractivity contribution in [1.82, 2.24) is 24.6 Å². The van der Waals surface area contributed by atoms with E-state index in [0.29, 0.717) is 24.5 Å². The highest BCUT2D eigenvalue weighted by Gasteiger charge is 2.16. The predicted molar refractivity (Wildman–Crippen MR) is 83.9 cm³/mol. The molecule has 112 valence electrons. The Balaban J connectivity index is 1.83. The molecular weight excluding hydrogens is 298 g/mol. The molecular formula is C15H15N5OS. The van der Waals surface area contributed by atoms with Gasteiger partial charge in [-0.25, -0.2) is 14.6 Å². The van der Waals surface area contributed by atoms with Gasteiger partial charge in [-0.1, -0.05) is 6.07 Å². The Labute approximate surface area is 132 Å². The fourth-order valence-electron chi connectivity index (χ4n) is 2.10. The van der Waals surface area contributed by atoms with Crippen LogP contribution in [0.25, 0.3) is 5.82 Å². The van der Waals surface area contributed by atoms with Gasteiger partial charge in [0.05, 0.1) is 6.54 Å². The van der Waals surface area contributed by atoms with Crippen molar-refractivity contribution in [2.24, 2.45) is 0 Å². The molecule has 0 atom stereocenters. The molecule has 0 spiro atoms. The Morgan fingerprint density at radius 3 is 3.00 bits per heavy atom. The number of carbonyl (C=O) groups is 1. The SMILES string of the molecule is CCN(Cc1cccs1)C(=O)c1ccnc(-n2cncn2)c1. The molecule has 1 amide bonds. The van der Waals surface area contributed by atoms with Crippen LogP contribution < -0.4 is 0 Å². The highest BCUT2D eigenvalue weighted by molar-refractivity contribution is 7.09. The van der Waals surface area contributed by atoms with Crippen molar-refractivity contribution < 1.29 is 4.79 Å². The Kier molecular flexibility index (Phi) is 4.24. The van der Waals surface area contributed by atoms with Crippen LogP contribution in [0.3, 0.4) is 0 Å². The van der Waals surface area contributed by atoms with E-state index in [0.717, 1.165) is 0 Å². The van der Waals surface area contributed by atoms with Crippen LogP contribution in [-0.2, 0) is 6.54 Å². The molecule has 0 N–H and O–H groups in total. The summed E-state index contributed by atoms with van der Waals surface area (Å²) in [5, 5.41) is 6.05. The van der Waals surface area contributed by atoms with Gasteiger partial charge in [0.1, 0.15) is 12.7 Å². The molecule has 0 fully saturated rings. The van der Waals surface area contributed by atoms with Crippen molar-refractivity contribution in [2.45, 2.75) is 13.5 Å². The molecule has 7 heteroatoms. The number of pyridine rings is 1. The molecule has 22 heavy (non-hydrogen) atoms. The van der Waals surface area contributed by atoms with E-state index in [1.54, 1.807) is 36.0 Å². The van der Waals surface area contributed by atoms with Crippen LogP contribution in [-0.4, -0.2) is 37.1 Å². The van der Waals surface area contributed by atoms with Gasteiger partial charge in [0.2, 0.25) is 0 Å². The van der Waals surface area contributed by atoms with Crippen molar-refractivity contribution in [3.05, 3.63) is 58.9 Å². The van der Waals surface area contributed by atoms with Gasteiger partial charge in [-0.3, -0.25) is 4.79 Å². The fraction of sp³-hybridized carbons (Fsp3) is 0.200. The van der Waals surface area contributed by atoms with Crippen LogP contribution in [0, 0.1) is 0 Å². The van der Waals surface area contributed by atoms with E-state index in [9.17, 15) is 4.79 Å². The van der Waals surface area contributed by atoms with Crippen LogP contribution in [0.15, 0.2) is 48.5 Å². The second-order valence-corrected chi connectivity index (χ2v) is 5.67. The lowest BCUT2D eigenvalue weighted by Gasteiger charge is -2.20. The number of nitrogens with zero attached hydrogens (tertiary/aromatic N) is 5. The summed E-state index contributed by atoms with van der Waals surface area (Å²) in [6, 6.07) is 7.48. The van der Waals surface area contributed by atoms with E-state index >= 15 is 0 Å². The average Bonchev–Trinajstić information content (AvgIpc) is 3.25. The molecule has 0 aliphatic carbocycles. The highest BCUT2D eigenvalue weighted by atomic mass is 32.1. The summed E-state index contributed by atoms with van der Waals surface area (Å²) >= 11 is 1.65. The molecule has 0 bridgehead atoms. The zero-order valence-electron chi connectivity index (χ0n) is 12.1. The summed E-state index contributed by atoms with van der Waals surface area (Å²) in [4.78, 5) is 23.8. The van der Waals surface area contributed by atoms with Gasteiger partial charge in [0, 0.05) is 23.2 Å². The van der Waals surface area contributed by atoms with Gasteiger partial charge in [0.25, 0.3) is 5.91 Å². The maximum Gasteiger partial charge on any atom is 0.254 e. The largest absolute Gasteiger partial charge is 0.334 e. The van der Waals surface area contributed by atoms with Crippen molar-refractivity contribution in [2.75, 3.05) is 6.54 Å². The summed E-state index contributed by atoms with van der Waals surface area (Å²) in [7, 11) is 0. The lowest BCUT2D eigenvalue weighted by molar-refractivity contribution is 0.0754. The van der Waals surface area contributed by atoms with Gasteiger partial charge in [-0.15, -0.1) is 11.3 Å². The first-order valence-corrected chi connectivity index (χ1v) is 7.78. The maximum absolute atomic E-state index is 12.7. The van der Waals surface area contributed by atoms with Crippen LogP contribution >= 0.6 is 11.3 Å². The minimum absolute atomic E-state index is 0.0142. The second-order valence-electron chi connectivity index (χ2n) is 4.64. The lowest BCUT2D eigenvalue weighted by atomic mass is 10.2. The number of rotatable bonds is 5. The first-order valence-electron chi connectivity index (χ1n) is 6.90. The van der Waals surface area contributed by atoms with Gasteiger partial charge < -0.3 is 4.90 Å². The number of thiophene rings is 1. The van der Waals surface area contributed by atoms with E-state index in [-0.39, 0.29) is 5.91 Å². The number of carbonyl (C=O) groups excluding carboxylic acids is 1. The standard InChI is InChI=1S/C15H15N5OS/c1-2-19(9-13-4-3-7-22-13)15(21)12-5-6-17-14(8-12)20-11-16-10-18-20/h3-8,10-11H,2,9H2,1H3. The Morgan fingerprint density at radius 2 is 2.32 bits per heavy atom. The van der Waals surface area contributed by atoms with Crippen molar-refractivity contribution >= 4 is 17.2 Å². The minimum atomic E-state index is -0.0142. The molecule has 0 aliphatic rings. The first-order chi connectivity index (χ1) is 10.8. The quantitative estimate of drug-likeness (QED) is 0.725. The highest BCUT2D eigenvalue weighted by Crippen LogP contribution is 2.15. The van der Waals surface area contributed by atoms with Gasteiger partial charge in [-0.2, -0.15) is 5.10 Å². The number of hydrogen-bond donors (Lipinski definition) is 0. The van der Waals surface area contributed by atoms with Crippen LogP contribution in [0.5, 0.6) is 0 Å². The zero-order chi connectivity index (χ0) is 15.4. The second kappa shape index (κ2) is 6.48. The van der Waals surface area contributed by atoms with Crippen molar-refractivity contribution in [3.63, 3.8) is 0 Å². The van der Waals surface area contributed by atoms with Crippen LogP contribution in [0.1, 0.15) is 22.2 Å². The summed E-state index contributed by atoms with van der Waals surface area (Å²) < 4.78 is 1.53. The molecule has 0 radical (unpaired) electrons. The molecule has 6 nitrogen and oxygen atoms in total. The number of aromatic nitrogens is 4. The fourth-order valence-corrected chi connectivity index (χ4v) is 2.82. The summed E-state index contributed by atoms with van der Waals surface area (Å²) in [5.41, 5.74) is 0.596. The smallest absolute Gasteiger partial charge is 0.254 e. The third-order valence-corrected chi connectivity index (χ3v) is 4.10. The van der Waals surface area contributed by atoms with Crippen molar-refractivity contribution in [1.29, 1.82) is 0 Å². The van der Waals surface area contributed by atoms with E-state index in [1.807, 2.05) is 29.3 Å². The third-order valence-electron chi connectivity index (χ3n) is 3.24. The summed E-state index contributed by atoms with van der Waals surface area (Å²) in [6.45, 7) is 3.25. The van der Waals surface area contributed by atoms with Gasteiger partial charge in [-0.05, 0) is 30.5 Å². The monoisotopic (exact) mass is 313 g/mol. The number of amides is 1. The Hall–Kier alpha value is -2.54. The molecule has 3 rings (SSSR count). The van der Waals surface area contributed by atoms with Crippen LogP contribution in [0.4, 0.5) is 0 Å². The summed E-state index contributed by atoms with van der Waals surface area (Å²) in [5.74, 6) is 0.565.